The van der Waals surface area contributed by atoms with Crippen LogP contribution >= 0.6 is 0 Å². The van der Waals surface area contributed by atoms with E-state index in [0.717, 1.165) is 5.56 Å². The second-order valence-electron chi connectivity index (χ2n) is 4.26. The van der Waals surface area contributed by atoms with Gasteiger partial charge < -0.3 is 10.4 Å². The van der Waals surface area contributed by atoms with Crippen LogP contribution in [-0.2, 0) is 0 Å². The highest BCUT2D eigenvalue weighted by Crippen LogP contribution is 2.12. The molecule has 0 aromatic heterocycles. The molecule has 0 saturated heterocycles. The number of benzene rings is 2. The summed E-state index contributed by atoms with van der Waals surface area (Å²) in [6, 6.07) is 13.9. The molecule has 0 fully saturated rings. The first-order chi connectivity index (χ1) is 10.1. The van der Waals surface area contributed by atoms with Gasteiger partial charge in [-0.15, -0.1) is 0 Å². The van der Waals surface area contributed by atoms with E-state index in [1.165, 1.54) is 19.2 Å². The lowest BCUT2D eigenvalue weighted by molar-refractivity contribution is 0.0691. The van der Waals surface area contributed by atoms with Gasteiger partial charge in [0.2, 0.25) is 0 Å². The molecule has 2 N–H and O–H groups in total. The molecule has 21 heavy (non-hydrogen) atoms. The molecule has 1 amide bonds. The van der Waals surface area contributed by atoms with Crippen LogP contribution in [0.3, 0.4) is 0 Å². The molecule has 4 heteroatoms. The molecule has 0 aliphatic rings. The molecule has 2 aromatic rings. The summed E-state index contributed by atoms with van der Waals surface area (Å²) >= 11 is 0. The Bertz CT molecular complexity index is 740. The fraction of sp³-hybridized carbons (Fsp3) is 0.0588. The second kappa shape index (κ2) is 6.40. The third-order valence-electron chi connectivity index (χ3n) is 2.85. The van der Waals surface area contributed by atoms with E-state index in [0.29, 0.717) is 5.56 Å². The smallest absolute Gasteiger partial charge is 0.336 e. The van der Waals surface area contributed by atoms with E-state index < -0.39 is 11.9 Å². The van der Waals surface area contributed by atoms with Gasteiger partial charge >= 0.3 is 5.97 Å². The van der Waals surface area contributed by atoms with Gasteiger partial charge in [-0.1, -0.05) is 30.0 Å². The molecule has 2 aromatic carbocycles. The lowest BCUT2D eigenvalue weighted by atomic mass is 10.0. The number of hydrogen-bond donors (Lipinski definition) is 2. The first-order valence-corrected chi connectivity index (χ1v) is 6.28. The summed E-state index contributed by atoms with van der Waals surface area (Å²) in [6.07, 6.45) is 0. The molecule has 0 unspecified atom stereocenters. The van der Waals surface area contributed by atoms with Gasteiger partial charge in [0.05, 0.1) is 11.1 Å². The standard InChI is InChI=1S/C17H13NO3/c1-18-16(19)14-10-9-13(11-15(14)17(20)21)8-7-12-5-3-2-4-6-12/h2-6,9-11H,1H3,(H,18,19)(H,20,21). The van der Waals surface area contributed by atoms with Gasteiger partial charge in [-0.05, 0) is 30.3 Å². The average molecular weight is 279 g/mol. The number of carboxylic acids is 1. The molecule has 2 rings (SSSR count). The predicted molar refractivity (Wildman–Crippen MR) is 79.2 cm³/mol. The van der Waals surface area contributed by atoms with Gasteiger partial charge in [0.15, 0.2) is 0 Å². The van der Waals surface area contributed by atoms with Crippen molar-refractivity contribution in [3.63, 3.8) is 0 Å². The summed E-state index contributed by atoms with van der Waals surface area (Å²) in [5, 5.41) is 11.6. The Hall–Kier alpha value is -3.06. The van der Waals surface area contributed by atoms with Crippen molar-refractivity contribution in [2.45, 2.75) is 0 Å². The van der Waals surface area contributed by atoms with E-state index in [4.69, 9.17) is 0 Å². The molecular weight excluding hydrogens is 266 g/mol. The first-order valence-electron chi connectivity index (χ1n) is 6.28. The second-order valence-corrected chi connectivity index (χ2v) is 4.26. The number of nitrogens with one attached hydrogen (secondary N) is 1. The van der Waals surface area contributed by atoms with Gasteiger partial charge in [-0.3, -0.25) is 4.79 Å². The maximum Gasteiger partial charge on any atom is 0.336 e. The molecule has 0 atom stereocenters. The van der Waals surface area contributed by atoms with Crippen LogP contribution in [0.2, 0.25) is 0 Å². The van der Waals surface area contributed by atoms with E-state index >= 15 is 0 Å². The van der Waals surface area contributed by atoms with Gasteiger partial charge in [0.1, 0.15) is 0 Å². The minimum absolute atomic E-state index is 0.0609. The summed E-state index contributed by atoms with van der Waals surface area (Å²) in [5.74, 6) is 4.25. The average Bonchev–Trinajstić information content (AvgIpc) is 2.52. The van der Waals surface area contributed by atoms with Crippen LogP contribution in [-0.4, -0.2) is 24.0 Å². The molecule has 0 radical (unpaired) electrons. The highest BCUT2D eigenvalue weighted by atomic mass is 16.4. The minimum Gasteiger partial charge on any atom is -0.478 e. The fourth-order valence-corrected chi connectivity index (χ4v) is 1.80. The third-order valence-corrected chi connectivity index (χ3v) is 2.85. The number of amides is 1. The molecule has 0 saturated carbocycles. The van der Waals surface area contributed by atoms with Crippen LogP contribution in [0, 0.1) is 11.8 Å². The van der Waals surface area contributed by atoms with Crippen molar-refractivity contribution in [1.82, 2.24) is 5.32 Å². The van der Waals surface area contributed by atoms with E-state index in [1.54, 1.807) is 6.07 Å². The molecule has 104 valence electrons. The number of rotatable bonds is 2. The Labute approximate surface area is 122 Å². The SMILES string of the molecule is CNC(=O)c1ccc(C#Cc2ccccc2)cc1C(=O)O. The minimum atomic E-state index is -1.16. The summed E-state index contributed by atoms with van der Waals surface area (Å²) in [7, 11) is 1.46. The molecule has 0 aliphatic carbocycles. The van der Waals surface area contributed by atoms with E-state index in [-0.39, 0.29) is 11.1 Å². The van der Waals surface area contributed by atoms with Crippen molar-refractivity contribution in [3.8, 4) is 11.8 Å². The van der Waals surface area contributed by atoms with Crippen molar-refractivity contribution in [2.75, 3.05) is 7.05 Å². The Morgan fingerprint density at radius 2 is 1.62 bits per heavy atom. The molecule has 0 spiro atoms. The monoisotopic (exact) mass is 279 g/mol. The first kappa shape index (κ1) is 14.4. The lowest BCUT2D eigenvalue weighted by Gasteiger charge is -2.05. The van der Waals surface area contributed by atoms with Crippen LogP contribution in [0.15, 0.2) is 48.5 Å². The number of carbonyl (C=O) groups is 2. The summed E-state index contributed by atoms with van der Waals surface area (Å²) in [5.41, 5.74) is 1.44. The summed E-state index contributed by atoms with van der Waals surface area (Å²) in [4.78, 5) is 22.9. The fourth-order valence-electron chi connectivity index (χ4n) is 1.80. The van der Waals surface area contributed by atoms with Crippen molar-refractivity contribution in [3.05, 3.63) is 70.8 Å². The molecular formula is C17H13NO3. The van der Waals surface area contributed by atoms with Crippen molar-refractivity contribution < 1.29 is 14.7 Å². The van der Waals surface area contributed by atoms with Crippen molar-refractivity contribution >= 4 is 11.9 Å². The normalized spacial score (nSPS) is 9.38. The van der Waals surface area contributed by atoms with Crippen LogP contribution < -0.4 is 5.32 Å². The highest BCUT2D eigenvalue weighted by Gasteiger charge is 2.15. The largest absolute Gasteiger partial charge is 0.478 e. The maximum atomic E-state index is 11.6. The van der Waals surface area contributed by atoms with Gasteiger partial charge in [-0.25, -0.2) is 4.79 Å². The maximum absolute atomic E-state index is 11.6. The summed E-state index contributed by atoms with van der Waals surface area (Å²) < 4.78 is 0. The number of carboxylic acid groups (broad SMARTS) is 1. The predicted octanol–water partition coefficient (Wildman–Crippen LogP) is 2.14. The zero-order valence-corrected chi connectivity index (χ0v) is 11.4. The quantitative estimate of drug-likeness (QED) is 0.828. The third kappa shape index (κ3) is 3.48. The zero-order chi connectivity index (χ0) is 15.2. The summed E-state index contributed by atoms with van der Waals surface area (Å²) in [6.45, 7) is 0. The van der Waals surface area contributed by atoms with Crippen LogP contribution in [0.25, 0.3) is 0 Å². The molecule has 0 bridgehead atoms. The van der Waals surface area contributed by atoms with Gasteiger partial charge in [-0.2, -0.15) is 0 Å². The Kier molecular flexibility index (Phi) is 4.37. The highest BCUT2D eigenvalue weighted by molar-refractivity contribution is 6.04. The topological polar surface area (TPSA) is 66.4 Å². The Balaban J connectivity index is 2.40. The van der Waals surface area contributed by atoms with E-state index in [1.807, 2.05) is 30.3 Å². The lowest BCUT2D eigenvalue weighted by Crippen LogP contribution is -2.21. The van der Waals surface area contributed by atoms with Crippen LogP contribution in [0.1, 0.15) is 31.8 Å². The number of aromatic carboxylic acids is 1. The van der Waals surface area contributed by atoms with Gasteiger partial charge in [0, 0.05) is 18.2 Å². The molecule has 0 heterocycles. The number of hydrogen-bond acceptors (Lipinski definition) is 2. The number of carbonyl (C=O) groups excluding carboxylic acids is 1. The van der Waals surface area contributed by atoms with Crippen molar-refractivity contribution in [1.29, 1.82) is 0 Å². The molecule has 4 nitrogen and oxygen atoms in total. The Morgan fingerprint density at radius 3 is 2.24 bits per heavy atom. The van der Waals surface area contributed by atoms with Crippen LogP contribution in [0.5, 0.6) is 0 Å². The van der Waals surface area contributed by atoms with E-state index in [9.17, 15) is 14.7 Å². The van der Waals surface area contributed by atoms with Gasteiger partial charge in [0.25, 0.3) is 5.91 Å². The van der Waals surface area contributed by atoms with Crippen molar-refractivity contribution in [2.24, 2.45) is 0 Å². The van der Waals surface area contributed by atoms with Crippen LogP contribution in [0.4, 0.5) is 0 Å². The van der Waals surface area contributed by atoms with E-state index in [2.05, 4.69) is 17.2 Å². The Morgan fingerprint density at radius 1 is 0.952 bits per heavy atom. The molecule has 0 aliphatic heterocycles. The zero-order valence-electron chi connectivity index (χ0n) is 11.4.